The Labute approximate surface area is 151 Å². The Balaban J connectivity index is 2.08. The summed E-state index contributed by atoms with van der Waals surface area (Å²) in [6.07, 6.45) is 0.683. The first-order valence-corrected chi connectivity index (χ1v) is 7.65. The predicted molar refractivity (Wildman–Crippen MR) is 93.0 cm³/mol. The highest BCUT2D eigenvalue weighted by Crippen LogP contribution is 2.29. The van der Waals surface area contributed by atoms with Crippen LogP contribution in [-0.4, -0.2) is 15.5 Å². The van der Waals surface area contributed by atoms with Crippen LogP contribution in [0.5, 0.6) is 0 Å². The van der Waals surface area contributed by atoms with E-state index in [2.05, 4.69) is 16.2 Å². The molecule has 0 aliphatic carbocycles. The van der Waals surface area contributed by atoms with E-state index in [4.69, 9.17) is 12.2 Å². The number of halogens is 3. The summed E-state index contributed by atoms with van der Waals surface area (Å²) < 4.78 is 38.3. The Morgan fingerprint density at radius 3 is 2.44 bits per heavy atom. The number of amides is 1. The number of carbonyl (C=O) groups excluding carboxylic acids is 1. The van der Waals surface area contributed by atoms with Crippen LogP contribution >= 0.6 is 0 Å². The number of nitrogens with two attached hydrogens (primary N) is 1. The van der Waals surface area contributed by atoms with Gasteiger partial charge in [0.05, 0.1) is 12.1 Å². The molecule has 0 saturated carbocycles. The van der Waals surface area contributed by atoms with Gasteiger partial charge in [-0.2, -0.15) is 13.2 Å². The van der Waals surface area contributed by atoms with Gasteiger partial charge in [0.25, 0.3) is 5.56 Å². The molecular weight excluding hydrogens is 365 g/mol. The number of aryl methyl sites for hydroxylation is 1. The zero-order valence-electron chi connectivity index (χ0n) is 13.9. The van der Waals surface area contributed by atoms with Crippen LogP contribution in [0.1, 0.15) is 17.5 Å². The number of rotatable bonds is 5. The first kappa shape index (κ1) is 19.8. The number of alkyl halides is 3. The largest absolute Gasteiger partial charge is 0.416 e. The van der Waals surface area contributed by atoms with Gasteiger partial charge in [0, 0.05) is 6.42 Å². The summed E-state index contributed by atoms with van der Waals surface area (Å²) in [4.78, 5) is 38.1. The van der Waals surface area contributed by atoms with Crippen molar-refractivity contribution in [3.63, 3.8) is 0 Å². The third kappa shape index (κ3) is 4.78. The molecule has 0 fully saturated rings. The van der Waals surface area contributed by atoms with Gasteiger partial charge in [-0.15, -0.1) is 6.42 Å². The number of hydrogen-bond donors (Lipinski definition) is 3. The maximum Gasteiger partial charge on any atom is 0.416 e. The molecule has 10 heteroatoms. The molecule has 27 heavy (non-hydrogen) atoms. The summed E-state index contributed by atoms with van der Waals surface area (Å²) in [6.45, 7) is -0.303. The van der Waals surface area contributed by atoms with Crippen LogP contribution in [0.2, 0.25) is 0 Å². The first-order valence-electron chi connectivity index (χ1n) is 7.65. The maximum atomic E-state index is 12.5. The Morgan fingerprint density at radius 1 is 1.26 bits per heavy atom. The molecule has 2 rings (SSSR count). The topological polar surface area (TPSA) is 110 Å². The molecule has 0 bridgehead atoms. The number of aromatic nitrogens is 2. The number of hydrogen-bond acceptors (Lipinski definition) is 4. The highest BCUT2D eigenvalue weighted by molar-refractivity contribution is 5.92. The molecular formula is C17H15F3N4O3. The van der Waals surface area contributed by atoms with Gasteiger partial charge in [0.2, 0.25) is 5.91 Å². The Bertz CT molecular complexity index is 999. The Morgan fingerprint density at radius 2 is 1.89 bits per heavy atom. The molecule has 0 aliphatic rings. The SMILES string of the molecule is C#CCn1c(=O)[nH]c(N)c(NC(=O)CCc2ccc(C(F)(F)F)cc2)c1=O. The van der Waals surface area contributed by atoms with Crippen LogP contribution in [0, 0.1) is 12.3 Å². The molecule has 0 unspecified atom stereocenters. The molecule has 0 radical (unpaired) electrons. The third-order valence-corrected chi connectivity index (χ3v) is 3.65. The van der Waals surface area contributed by atoms with Crippen LogP contribution in [0.4, 0.5) is 24.7 Å². The van der Waals surface area contributed by atoms with Crippen LogP contribution < -0.4 is 22.3 Å². The Hall–Kier alpha value is -3.48. The van der Waals surface area contributed by atoms with Crippen molar-refractivity contribution in [2.24, 2.45) is 0 Å². The second kappa shape index (κ2) is 7.82. The second-order valence-corrected chi connectivity index (χ2v) is 5.56. The van der Waals surface area contributed by atoms with Crippen LogP contribution in [0.15, 0.2) is 33.9 Å². The van der Waals surface area contributed by atoms with Crippen molar-refractivity contribution >= 4 is 17.4 Å². The van der Waals surface area contributed by atoms with Crippen LogP contribution in [0.25, 0.3) is 0 Å². The van der Waals surface area contributed by atoms with Crippen molar-refractivity contribution in [3.05, 3.63) is 56.2 Å². The summed E-state index contributed by atoms with van der Waals surface area (Å²) in [6, 6.07) is 4.38. The summed E-state index contributed by atoms with van der Waals surface area (Å²) in [5, 5.41) is 2.29. The lowest BCUT2D eigenvalue weighted by Gasteiger charge is -2.10. The lowest BCUT2D eigenvalue weighted by atomic mass is 10.1. The van der Waals surface area contributed by atoms with Crippen molar-refractivity contribution in [2.75, 3.05) is 11.1 Å². The van der Waals surface area contributed by atoms with Crippen molar-refractivity contribution in [1.29, 1.82) is 0 Å². The number of nitrogens with one attached hydrogen (secondary N) is 2. The van der Waals surface area contributed by atoms with E-state index in [1.807, 2.05) is 0 Å². The number of terminal acetylenes is 1. The van der Waals surface area contributed by atoms with E-state index < -0.39 is 28.9 Å². The van der Waals surface area contributed by atoms with Crippen molar-refractivity contribution in [1.82, 2.24) is 9.55 Å². The second-order valence-electron chi connectivity index (χ2n) is 5.56. The normalized spacial score (nSPS) is 11.0. The highest BCUT2D eigenvalue weighted by atomic mass is 19.4. The van der Waals surface area contributed by atoms with Gasteiger partial charge < -0.3 is 11.1 Å². The minimum atomic E-state index is -4.43. The average Bonchev–Trinajstić information content (AvgIpc) is 2.60. The number of nitrogen functional groups attached to an aromatic ring is 1. The van der Waals surface area contributed by atoms with E-state index in [-0.39, 0.29) is 30.9 Å². The van der Waals surface area contributed by atoms with Gasteiger partial charge in [-0.3, -0.25) is 14.6 Å². The number of carbonyl (C=O) groups is 1. The number of H-pyrrole nitrogens is 1. The molecule has 1 heterocycles. The highest BCUT2D eigenvalue weighted by Gasteiger charge is 2.29. The molecule has 1 aromatic carbocycles. The number of nitrogens with zero attached hydrogens (tertiary/aromatic N) is 1. The summed E-state index contributed by atoms with van der Waals surface area (Å²) >= 11 is 0. The molecule has 4 N–H and O–H groups in total. The van der Waals surface area contributed by atoms with Gasteiger partial charge >= 0.3 is 11.9 Å². The third-order valence-electron chi connectivity index (χ3n) is 3.65. The van der Waals surface area contributed by atoms with Crippen molar-refractivity contribution in [3.8, 4) is 12.3 Å². The smallest absolute Gasteiger partial charge is 0.383 e. The van der Waals surface area contributed by atoms with E-state index in [0.717, 1.165) is 12.1 Å². The predicted octanol–water partition coefficient (Wildman–Crippen LogP) is 1.34. The van der Waals surface area contributed by atoms with Gasteiger partial charge in [-0.1, -0.05) is 18.1 Å². The summed E-state index contributed by atoms with van der Waals surface area (Å²) in [5.41, 5.74) is 3.31. The quantitative estimate of drug-likeness (QED) is 0.680. The zero-order chi connectivity index (χ0) is 20.2. The van der Waals surface area contributed by atoms with Gasteiger partial charge in [0.15, 0.2) is 0 Å². The molecule has 142 valence electrons. The van der Waals surface area contributed by atoms with E-state index >= 15 is 0 Å². The number of benzene rings is 1. The molecule has 0 saturated heterocycles. The number of aromatic amines is 1. The van der Waals surface area contributed by atoms with Gasteiger partial charge in [0.1, 0.15) is 11.5 Å². The van der Waals surface area contributed by atoms with Crippen molar-refractivity contribution < 1.29 is 18.0 Å². The molecule has 0 spiro atoms. The van der Waals surface area contributed by atoms with E-state index in [1.54, 1.807) is 0 Å². The average molecular weight is 380 g/mol. The van der Waals surface area contributed by atoms with E-state index in [0.29, 0.717) is 10.1 Å². The van der Waals surface area contributed by atoms with Crippen molar-refractivity contribution in [2.45, 2.75) is 25.6 Å². The first-order chi connectivity index (χ1) is 12.6. The summed E-state index contributed by atoms with van der Waals surface area (Å²) in [7, 11) is 0. The van der Waals surface area contributed by atoms with E-state index in [1.165, 1.54) is 12.1 Å². The number of anilines is 2. The Kier molecular flexibility index (Phi) is 5.75. The maximum absolute atomic E-state index is 12.5. The molecule has 2 aromatic rings. The lowest BCUT2D eigenvalue weighted by Crippen LogP contribution is -2.38. The van der Waals surface area contributed by atoms with Crippen LogP contribution in [0.3, 0.4) is 0 Å². The molecule has 1 amide bonds. The fraction of sp³-hybridized carbons (Fsp3) is 0.235. The molecule has 0 aliphatic heterocycles. The summed E-state index contributed by atoms with van der Waals surface area (Å²) in [5.74, 6) is 1.22. The van der Waals surface area contributed by atoms with Gasteiger partial charge in [-0.05, 0) is 24.1 Å². The standard InChI is InChI=1S/C17H15F3N4O3/c1-2-9-24-15(26)13(14(21)23-16(24)27)22-12(25)8-5-10-3-6-11(7-4-10)17(18,19)20/h1,3-4,6-7H,5,8-9,21H2,(H,22,25)(H,23,27). The minimum Gasteiger partial charge on any atom is -0.383 e. The fourth-order valence-electron chi connectivity index (χ4n) is 2.26. The van der Waals surface area contributed by atoms with E-state index in [9.17, 15) is 27.6 Å². The minimum absolute atomic E-state index is 0.113. The van der Waals surface area contributed by atoms with Gasteiger partial charge in [-0.25, -0.2) is 9.36 Å². The zero-order valence-corrected chi connectivity index (χ0v) is 13.9. The molecule has 7 nitrogen and oxygen atoms in total. The monoisotopic (exact) mass is 380 g/mol. The fourth-order valence-corrected chi connectivity index (χ4v) is 2.26. The lowest BCUT2D eigenvalue weighted by molar-refractivity contribution is -0.137. The molecule has 0 atom stereocenters. The van der Waals surface area contributed by atoms with Crippen LogP contribution in [-0.2, 0) is 23.9 Å². The molecule has 1 aromatic heterocycles.